The van der Waals surface area contributed by atoms with Crippen LogP contribution in [0, 0.1) is 12.7 Å². The van der Waals surface area contributed by atoms with E-state index < -0.39 is 24.0 Å². The van der Waals surface area contributed by atoms with Crippen LogP contribution < -0.4 is 0 Å². The molecule has 0 aliphatic heterocycles. The van der Waals surface area contributed by atoms with Crippen LogP contribution >= 0.6 is 11.6 Å². The number of aliphatic hydroxyl groups is 2. The van der Waals surface area contributed by atoms with E-state index in [1.54, 1.807) is 13.8 Å². The molecule has 0 aromatic heterocycles. The maximum atomic E-state index is 13.6. The van der Waals surface area contributed by atoms with Crippen molar-refractivity contribution in [2.24, 2.45) is 0 Å². The third kappa shape index (κ3) is 3.19. The lowest BCUT2D eigenvalue weighted by Gasteiger charge is -2.18. The number of hydrogen-bond donors (Lipinski definition) is 2. The summed E-state index contributed by atoms with van der Waals surface area (Å²) in [5.74, 6) is -1.79. The molecule has 2 unspecified atom stereocenters. The Labute approximate surface area is 109 Å². The second kappa shape index (κ2) is 6.13. The Morgan fingerprint density at radius 1 is 1.50 bits per heavy atom. The molecule has 6 heteroatoms. The van der Waals surface area contributed by atoms with Crippen molar-refractivity contribution in [2.45, 2.75) is 26.1 Å². The molecule has 2 N–H and O–H groups in total. The van der Waals surface area contributed by atoms with E-state index in [0.717, 1.165) is 6.07 Å². The normalized spacial score (nSPS) is 14.1. The van der Waals surface area contributed by atoms with Crippen molar-refractivity contribution in [3.05, 3.63) is 34.1 Å². The summed E-state index contributed by atoms with van der Waals surface area (Å²) in [5, 5.41) is 19.5. The van der Waals surface area contributed by atoms with Crippen molar-refractivity contribution < 1.29 is 24.1 Å². The Hall–Kier alpha value is -1.17. The molecular formula is C12H14ClFO4. The van der Waals surface area contributed by atoms with Gasteiger partial charge >= 0.3 is 5.97 Å². The Morgan fingerprint density at radius 3 is 2.67 bits per heavy atom. The Morgan fingerprint density at radius 2 is 2.11 bits per heavy atom. The smallest absolute Gasteiger partial charge is 0.338 e. The van der Waals surface area contributed by atoms with Crippen LogP contribution in [0.1, 0.15) is 24.2 Å². The van der Waals surface area contributed by atoms with E-state index in [4.69, 9.17) is 11.6 Å². The zero-order valence-corrected chi connectivity index (χ0v) is 10.7. The molecule has 0 saturated heterocycles. The van der Waals surface area contributed by atoms with Crippen molar-refractivity contribution >= 4 is 17.6 Å². The monoisotopic (exact) mass is 276 g/mol. The molecule has 4 nitrogen and oxygen atoms in total. The summed E-state index contributed by atoms with van der Waals surface area (Å²) in [6.45, 7) is 3.24. The molecular weight excluding hydrogens is 263 g/mol. The number of carbonyl (C=O) groups is 1. The average molecular weight is 277 g/mol. The molecule has 0 heterocycles. The number of carbonyl (C=O) groups excluding carboxylic acids is 1. The van der Waals surface area contributed by atoms with Gasteiger partial charge in [-0.2, -0.15) is 0 Å². The van der Waals surface area contributed by atoms with Crippen molar-refractivity contribution in [3.63, 3.8) is 0 Å². The summed E-state index contributed by atoms with van der Waals surface area (Å²) < 4.78 is 18.1. The number of benzene rings is 1. The molecule has 0 fully saturated rings. The van der Waals surface area contributed by atoms with E-state index in [0.29, 0.717) is 5.56 Å². The fraction of sp³-hybridized carbons (Fsp3) is 0.417. The van der Waals surface area contributed by atoms with Crippen LogP contribution in [-0.4, -0.2) is 28.9 Å². The summed E-state index contributed by atoms with van der Waals surface area (Å²) in [5.41, 5.74) is 0.334. The first kappa shape index (κ1) is 14.9. The van der Waals surface area contributed by atoms with E-state index in [9.17, 15) is 19.4 Å². The highest BCUT2D eigenvalue weighted by molar-refractivity contribution is 6.31. The van der Waals surface area contributed by atoms with Crippen LogP contribution in [-0.2, 0) is 9.53 Å². The number of esters is 1. The van der Waals surface area contributed by atoms with Gasteiger partial charge in [0.05, 0.1) is 6.61 Å². The van der Waals surface area contributed by atoms with E-state index in [2.05, 4.69) is 4.74 Å². The summed E-state index contributed by atoms with van der Waals surface area (Å²) in [6.07, 6.45) is -3.53. The van der Waals surface area contributed by atoms with E-state index >= 15 is 0 Å². The lowest BCUT2D eigenvalue weighted by molar-refractivity contribution is -0.159. The molecule has 0 spiro atoms. The van der Waals surface area contributed by atoms with Gasteiger partial charge in [-0.05, 0) is 31.5 Å². The zero-order chi connectivity index (χ0) is 13.9. The van der Waals surface area contributed by atoms with Gasteiger partial charge in [0.15, 0.2) is 6.10 Å². The molecule has 100 valence electrons. The molecule has 0 aliphatic rings. The number of aliphatic hydroxyl groups excluding tert-OH is 2. The standard InChI is InChI=1S/C12H14ClFO4/c1-3-18-12(17)11(16)10(15)7-4-6(2)8(13)5-9(7)14/h4-5,10-11,15-16H,3H2,1-2H3. The first-order valence-corrected chi connectivity index (χ1v) is 5.74. The highest BCUT2D eigenvalue weighted by atomic mass is 35.5. The number of ether oxygens (including phenoxy) is 1. The van der Waals surface area contributed by atoms with Gasteiger partial charge in [0.2, 0.25) is 0 Å². The quantitative estimate of drug-likeness (QED) is 0.822. The summed E-state index contributed by atoms with van der Waals surface area (Å²) >= 11 is 5.71. The second-order valence-corrected chi connectivity index (χ2v) is 4.17. The molecule has 2 atom stereocenters. The summed E-state index contributed by atoms with van der Waals surface area (Å²) in [6, 6.07) is 2.30. The molecule has 18 heavy (non-hydrogen) atoms. The van der Waals surface area contributed by atoms with Crippen molar-refractivity contribution in [1.29, 1.82) is 0 Å². The Balaban J connectivity index is 3.00. The van der Waals surface area contributed by atoms with E-state index in [1.807, 2.05) is 0 Å². The van der Waals surface area contributed by atoms with Gasteiger partial charge in [-0.1, -0.05) is 11.6 Å². The van der Waals surface area contributed by atoms with Gasteiger partial charge in [0.1, 0.15) is 11.9 Å². The van der Waals surface area contributed by atoms with Crippen LogP contribution in [0.15, 0.2) is 12.1 Å². The van der Waals surface area contributed by atoms with Gasteiger partial charge in [0, 0.05) is 10.6 Å². The summed E-state index contributed by atoms with van der Waals surface area (Å²) in [7, 11) is 0. The van der Waals surface area contributed by atoms with E-state index in [1.165, 1.54) is 6.07 Å². The van der Waals surface area contributed by atoms with Gasteiger partial charge in [-0.25, -0.2) is 9.18 Å². The molecule has 0 aliphatic carbocycles. The third-order valence-corrected chi connectivity index (χ3v) is 2.83. The highest BCUT2D eigenvalue weighted by Gasteiger charge is 2.29. The average Bonchev–Trinajstić information content (AvgIpc) is 2.32. The predicted molar refractivity (Wildman–Crippen MR) is 63.7 cm³/mol. The van der Waals surface area contributed by atoms with Crippen LogP contribution in [0.4, 0.5) is 4.39 Å². The molecule has 1 aromatic carbocycles. The minimum Gasteiger partial charge on any atom is -0.464 e. The minimum atomic E-state index is -1.83. The third-order valence-electron chi connectivity index (χ3n) is 2.42. The number of rotatable bonds is 4. The first-order valence-electron chi connectivity index (χ1n) is 5.36. The van der Waals surface area contributed by atoms with Crippen molar-refractivity contribution in [1.82, 2.24) is 0 Å². The lowest BCUT2D eigenvalue weighted by atomic mass is 10.0. The van der Waals surface area contributed by atoms with Crippen molar-refractivity contribution in [2.75, 3.05) is 6.61 Å². The van der Waals surface area contributed by atoms with Crippen LogP contribution in [0.5, 0.6) is 0 Å². The molecule has 0 amide bonds. The molecule has 0 bridgehead atoms. The van der Waals surface area contributed by atoms with Crippen LogP contribution in [0.25, 0.3) is 0 Å². The van der Waals surface area contributed by atoms with Gasteiger partial charge in [-0.15, -0.1) is 0 Å². The van der Waals surface area contributed by atoms with Gasteiger partial charge in [-0.3, -0.25) is 0 Å². The lowest BCUT2D eigenvalue weighted by Crippen LogP contribution is -2.30. The second-order valence-electron chi connectivity index (χ2n) is 3.76. The van der Waals surface area contributed by atoms with Crippen LogP contribution in [0.3, 0.4) is 0 Å². The molecule has 0 radical (unpaired) electrons. The van der Waals surface area contributed by atoms with Crippen LogP contribution in [0.2, 0.25) is 5.02 Å². The highest BCUT2D eigenvalue weighted by Crippen LogP contribution is 2.26. The maximum absolute atomic E-state index is 13.6. The Kier molecular flexibility index (Phi) is 5.07. The fourth-order valence-corrected chi connectivity index (χ4v) is 1.58. The topological polar surface area (TPSA) is 66.8 Å². The molecule has 0 saturated carbocycles. The number of aryl methyl sites for hydroxylation is 1. The number of hydrogen-bond acceptors (Lipinski definition) is 4. The summed E-state index contributed by atoms with van der Waals surface area (Å²) in [4.78, 5) is 11.2. The van der Waals surface area contributed by atoms with E-state index in [-0.39, 0.29) is 17.2 Å². The maximum Gasteiger partial charge on any atom is 0.338 e. The minimum absolute atomic E-state index is 0.0603. The zero-order valence-electron chi connectivity index (χ0n) is 9.98. The Bertz CT molecular complexity index is 450. The number of halogens is 2. The largest absolute Gasteiger partial charge is 0.464 e. The van der Waals surface area contributed by atoms with Gasteiger partial charge in [0.25, 0.3) is 0 Å². The SMILES string of the molecule is CCOC(=O)C(O)C(O)c1cc(C)c(Cl)cc1F. The predicted octanol–water partition coefficient (Wildman–Crippen LogP) is 1.74. The molecule has 1 aromatic rings. The molecule has 1 rings (SSSR count). The first-order chi connectivity index (χ1) is 8.38. The van der Waals surface area contributed by atoms with Crippen molar-refractivity contribution in [3.8, 4) is 0 Å². The fourth-order valence-electron chi connectivity index (χ4n) is 1.43. The van der Waals surface area contributed by atoms with Gasteiger partial charge < -0.3 is 14.9 Å².